The molecule has 152 valence electrons. The second-order valence-electron chi connectivity index (χ2n) is 6.24. The van der Waals surface area contributed by atoms with Crippen molar-refractivity contribution < 1.29 is 22.7 Å². The Labute approximate surface area is 166 Å². The molecule has 0 radical (unpaired) electrons. The Kier molecular flexibility index (Phi) is 7.28. The van der Waals surface area contributed by atoms with Crippen molar-refractivity contribution in [2.45, 2.75) is 31.2 Å². The van der Waals surface area contributed by atoms with E-state index in [9.17, 15) is 13.2 Å². The highest BCUT2D eigenvalue weighted by molar-refractivity contribution is 7.92. The second kappa shape index (κ2) is 9.45. The lowest BCUT2D eigenvalue weighted by molar-refractivity contribution is -0.120. The Morgan fingerprint density at radius 3 is 2.29 bits per heavy atom. The molecule has 0 aliphatic heterocycles. The molecular formula is C20H26N2O5S. The van der Waals surface area contributed by atoms with Crippen LogP contribution in [0.5, 0.6) is 11.5 Å². The van der Waals surface area contributed by atoms with Crippen LogP contribution in [0.15, 0.2) is 53.4 Å². The number of amides is 1. The van der Waals surface area contributed by atoms with Crippen LogP contribution in [0, 0.1) is 0 Å². The van der Waals surface area contributed by atoms with E-state index in [1.807, 2.05) is 13.8 Å². The Morgan fingerprint density at radius 1 is 1.07 bits per heavy atom. The average Bonchev–Trinajstić information content (AvgIpc) is 2.71. The van der Waals surface area contributed by atoms with Crippen molar-refractivity contribution in [3.63, 3.8) is 0 Å². The van der Waals surface area contributed by atoms with Crippen molar-refractivity contribution in [1.29, 1.82) is 0 Å². The molecular weight excluding hydrogens is 380 g/mol. The maximum Gasteiger partial charge on any atom is 0.264 e. The minimum absolute atomic E-state index is 0.0563. The Balaban J connectivity index is 2.49. The number of ether oxygens (including phenoxy) is 2. The number of nitrogens with zero attached hydrogens (tertiary/aromatic N) is 1. The van der Waals surface area contributed by atoms with Crippen molar-refractivity contribution in [2.24, 2.45) is 0 Å². The molecule has 1 unspecified atom stereocenters. The number of sulfonamides is 1. The molecule has 0 aliphatic rings. The smallest absolute Gasteiger partial charge is 0.264 e. The number of hydrogen-bond acceptors (Lipinski definition) is 5. The van der Waals surface area contributed by atoms with Crippen LogP contribution < -0.4 is 19.1 Å². The lowest BCUT2D eigenvalue weighted by atomic mass is 10.2. The third kappa shape index (κ3) is 4.95. The Hall–Kier alpha value is -2.74. The summed E-state index contributed by atoms with van der Waals surface area (Å²) < 4.78 is 38.1. The van der Waals surface area contributed by atoms with Gasteiger partial charge in [-0.05, 0) is 37.6 Å². The van der Waals surface area contributed by atoms with Crippen LogP contribution in [0.25, 0.3) is 0 Å². The summed E-state index contributed by atoms with van der Waals surface area (Å²) in [5.41, 5.74) is 0.306. The molecule has 28 heavy (non-hydrogen) atoms. The molecule has 7 nitrogen and oxygen atoms in total. The van der Waals surface area contributed by atoms with E-state index in [2.05, 4.69) is 5.32 Å². The fraction of sp³-hybridized carbons (Fsp3) is 0.350. The zero-order valence-electron chi connectivity index (χ0n) is 16.5. The largest absolute Gasteiger partial charge is 0.493 e. The summed E-state index contributed by atoms with van der Waals surface area (Å²) >= 11 is 0. The molecule has 2 aromatic rings. The molecule has 1 atom stereocenters. The Bertz CT molecular complexity index is 900. The standard InChI is InChI=1S/C20H26N2O5S/c1-5-15(2)21-20(23)14-22(28(24,25)17-9-7-6-8-10-17)16-11-12-18(26-3)19(13-16)27-4/h6-13,15H,5,14H2,1-4H3,(H,21,23). The highest BCUT2D eigenvalue weighted by Crippen LogP contribution is 2.33. The summed E-state index contributed by atoms with van der Waals surface area (Å²) in [5.74, 6) is 0.451. The summed E-state index contributed by atoms with van der Waals surface area (Å²) in [5, 5.41) is 2.80. The molecule has 0 aromatic heterocycles. The monoisotopic (exact) mass is 406 g/mol. The molecule has 0 bridgehead atoms. The van der Waals surface area contributed by atoms with E-state index in [0.717, 1.165) is 10.7 Å². The lowest BCUT2D eigenvalue weighted by Crippen LogP contribution is -2.43. The highest BCUT2D eigenvalue weighted by atomic mass is 32.2. The van der Waals surface area contributed by atoms with E-state index < -0.39 is 10.0 Å². The minimum Gasteiger partial charge on any atom is -0.493 e. The number of anilines is 1. The molecule has 0 spiro atoms. The molecule has 2 rings (SSSR count). The maximum atomic E-state index is 13.3. The number of benzene rings is 2. The van der Waals surface area contributed by atoms with Gasteiger partial charge in [0.2, 0.25) is 5.91 Å². The minimum atomic E-state index is -3.96. The van der Waals surface area contributed by atoms with Gasteiger partial charge in [0.1, 0.15) is 6.54 Å². The van der Waals surface area contributed by atoms with Gasteiger partial charge in [-0.3, -0.25) is 9.10 Å². The number of carbonyl (C=O) groups is 1. The fourth-order valence-corrected chi connectivity index (χ4v) is 4.00. The zero-order chi connectivity index (χ0) is 20.7. The lowest BCUT2D eigenvalue weighted by Gasteiger charge is -2.25. The number of nitrogens with one attached hydrogen (secondary N) is 1. The molecule has 0 fully saturated rings. The van der Waals surface area contributed by atoms with Crippen molar-refractivity contribution in [3.8, 4) is 11.5 Å². The first kappa shape index (κ1) is 21.6. The van der Waals surface area contributed by atoms with Gasteiger partial charge in [0.25, 0.3) is 10.0 Å². The second-order valence-corrected chi connectivity index (χ2v) is 8.10. The molecule has 2 aromatic carbocycles. The summed E-state index contributed by atoms with van der Waals surface area (Å²) in [6.45, 7) is 3.46. The van der Waals surface area contributed by atoms with Gasteiger partial charge in [0.05, 0.1) is 24.8 Å². The van der Waals surface area contributed by atoms with Crippen LogP contribution in [0.2, 0.25) is 0 Å². The van der Waals surface area contributed by atoms with Crippen LogP contribution in [0.1, 0.15) is 20.3 Å². The van der Waals surface area contributed by atoms with Crippen molar-refractivity contribution in [3.05, 3.63) is 48.5 Å². The summed E-state index contributed by atoms with van der Waals surface area (Å²) in [7, 11) is -0.999. The normalized spacial score (nSPS) is 12.1. The maximum absolute atomic E-state index is 13.3. The van der Waals surface area contributed by atoms with Crippen LogP contribution in [0.3, 0.4) is 0 Å². The number of carbonyl (C=O) groups excluding carboxylic acids is 1. The molecule has 0 saturated carbocycles. The number of methoxy groups -OCH3 is 2. The van der Waals surface area contributed by atoms with E-state index in [0.29, 0.717) is 17.2 Å². The quantitative estimate of drug-likeness (QED) is 0.692. The molecule has 1 amide bonds. The van der Waals surface area contributed by atoms with Gasteiger partial charge in [0, 0.05) is 12.1 Å². The number of rotatable bonds is 9. The van der Waals surface area contributed by atoms with Gasteiger partial charge in [-0.2, -0.15) is 0 Å². The summed E-state index contributed by atoms with van der Waals surface area (Å²) in [6.07, 6.45) is 0.744. The number of hydrogen-bond donors (Lipinski definition) is 1. The van der Waals surface area contributed by atoms with Crippen LogP contribution in [0.4, 0.5) is 5.69 Å². The third-order valence-corrected chi connectivity index (χ3v) is 6.08. The predicted octanol–water partition coefficient (Wildman–Crippen LogP) is 2.81. The topological polar surface area (TPSA) is 84.9 Å². The van der Waals surface area contributed by atoms with Gasteiger partial charge in [-0.25, -0.2) is 8.42 Å². The Morgan fingerprint density at radius 2 is 1.71 bits per heavy atom. The predicted molar refractivity (Wildman–Crippen MR) is 108 cm³/mol. The first-order chi connectivity index (χ1) is 13.3. The van der Waals surface area contributed by atoms with Crippen molar-refractivity contribution in [1.82, 2.24) is 5.32 Å². The van der Waals surface area contributed by atoms with Crippen LogP contribution >= 0.6 is 0 Å². The average molecular weight is 407 g/mol. The van der Waals surface area contributed by atoms with Crippen molar-refractivity contribution in [2.75, 3.05) is 25.1 Å². The molecule has 0 aliphatic carbocycles. The van der Waals surface area contributed by atoms with E-state index in [4.69, 9.17) is 9.47 Å². The first-order valence-corrected chi connectivity index (χ1v) is 10.4. The van der Waals surface area contributed by atoms with E-state index in [1.165, 1.54) is 32.4 Å². The molecule has 0 saturated heterocycles. The van der Waals surface area contributed by atoms with Gasteiger partial charge >= 0.3 is 0 Å². The highest BCUT2D eigenvalue weighted by Gasteiger charge is 2.28. The zero-order valence-corrected chi connectivity index (χ0v) is 17.3. The van der Waals surface area contributed by atoms with Gasteiger partial charge in [-0.1, -0.05) is 25.1 Å². The molecule has 0 heterocycles. The van der Waals surface area contributed by atoms with E-state index >= 15 is 0 Å². The van der Waals surface area contributed by atoms with Crippen LogP contribution in [-0.2, 0) is 14.8 Å². The van der Waals surface area contributed by atoms with E-state index in [-0.39, 0.29) is 23.4 Å². The van der Waals surface area contributed by atoms with Crippen molar-refractivity contribution >= 4 is 21.6 Å². The van der Waals surface area contributed by atoms with Gasteiger partial charge < -0.3 is 14.8 Å². The first-order valence-electron chi connectivity index (χ1n) is 8.92. The summed E-state index contributed by atoms with van der Waals surface area (Å²) in [6, 6.07) is 12.7. The van der Waals surface area contributed by atoms with Crippen LogP contribution in [-0.4, -0.2) is 41.1 Å². The third-order valence-electron chi connectivity index (χ3n) is 4.29. The van der Waals surface area contributed by atoms with E-state index in [1.54, 1.807) is 30.3 Å². The van der Waals surface area contributed by atoms with Gasteiger partial charge in [0.15, 0.2) is 11.5 Å². The molecule has 8 heteroatoms. The summed E-state index contributed by atoms with van der Waals surface area (Å²) in [4.78, 5) is 12.6. The SMILES string of the molecule is CCC(C)NC(=O)CN(c1ccc(OC)c(OC)c1)S(=O)(=O)c1ccccc1. The fourth-order valence-electron chi connectivity index (χ4n) is 2.57. The van der Waals surface area contributed by atoms with Gasteiger partial charge in [-0.15, -0.1) is 0 Å². The molecule has 1 N–H and O–H groups in total.